The van der Waals surface area contributed by atoms with Crippen LogP contribution in [0.2, 0.25) is 0 Å². The largest absolute Gasteiger partial charge is 0.304 e. The Morgan fingerprint density at radius 3 is 2.71 bits per heavy atom. The van der Waals surface area contributed by atoms with Gasteiger partial charge in [-0.15, -0.1) is 0 Å². The standard InChI is InChI=1S/C14H18FN5O/c1-10-13(20-9-11(15)3-4-12(20)16-10)14(21)17-19-7-5-18(2)6-8-19/h3-4,9H,5-8H2,1-2H3,(H,17,21). The lowest BCUT2D eigenvalue weighted by atomic mass is 10.3. The van der Waals surface area contributed by atoms with E-state index in [1.54, 1.807) is 13.0 Å². The fourth-order valence-electron chi connectivity index (χ4n) is 2.52. The quantitative estimate of drug-likeness (QED) is 0.884. The number of hydrogen-bond acceptors (Lipinski definition) is 4. The van der Waals surface area contributed by atoms with Crippen LogP contribution >= 0.6 is 0 Å². The van der Waals surface area contributed by atoms with E-state index in [9.17, 15) is 9.18 Å². The van der Waals surface area contributed by atoms with Crippen LogP contribution in [0.4, 0.5) is 4.39 Å². The van der Waals surface area contributed by atoms with Crippen LogP contribution in [-0.2, 0) is 0 Å². The summed E-state index contributed by atoms with van der Waals surface area (Å²) in [4.78, 5) is 18.9. The number of aryl methyl sites for hydroxylation is 1. The number of pyridine rings is 1. The number of halogens is 1. The SMILES string of the molecule is Cc1nc2ccc(F)cn2c1C(=O)NN1CCN(C)CC1. The average Bonchev–Trinajstić information content (AvgIpc) is 2.76. The second kappa shape index (κ2) is 5.42. The Balaban J connectivity index is 1.84. The maximum atomic E-state index is 13.4. The molecule has 0 spiro atoms. The third-order valence-electron chi connectivity index (χ3n) is 3.73. The molecule has 0 saturated carbocycles. The zero-order valence-electron chi connectivity index (χ0n) is 12.1. The van der Waals surface area contributed by atoms with Crippen LogP contribution in [0.1, 0.15) is 16.2 Å². The topological polar surface area (TPSA) is 52.9 Å². The van der Waals surface area contributed by atoms with Crippen LogP contribution in [0.3, 0.4) is 0 Å². The van der Waals surface area contributed by atoms with Crippen LogP contribution in [0.5, 0.6) is 0 Å². The highest BCUT2D eigenvalue weighted by molar-refractivity contribution is 5.94. The molecular formula is C14H18FN5O. The monoisotopic (exact) mass is 291 g/mol. The summed E-state index contributed by atoms with van der Waals surface area (Å²) >= 11 is 0. The lowest BCUT2D eigenvalue weighted by Crippen LogP contribution is -2.52. The Morgan fingerprint density at radius 1 is 1.29 bits per heavy atom. The molecule has 6 nitrogen and oxygen atoms in total. The van der Waals surface area contributed by atoms with Crippen molar-refractivity contribution >= 4 is 11.6 Å². The van der Waals surface area contributed by atoms with Gasteiger partial charge in [0.2, 0.25) is 0 Å². The number of carbonyl (C=O) groups excluding carboxylic acids is 1. The number of hydrogen-bond donors (Lipinski definition) is 1. The molecule has 0 radical (unpaired) electrons. The molecular weight excluding hydrogens is 273 g/mol. The number of fused-ring (bicyclic) bond motifs is 1. The zero-order valence-corrected chi connectivity index (χ0v) is 12.1. The van der Waals surface area contributed by atoms with Crippen LogP contribution < -0.4 is 5.43 Å². The van der Waals surface area contributed by atoms with Crippen molar-refractivity contribution in [2.75, 3.05) is 33.2 Å². The number of aromatic nitrogens is 2. The van der Waals surface area contributed by atoms with Crippen molar-refractivity contribution in [2.45, 2.75) is 6.92 Å². The molecule has 0 bridgehead atoms. The van der Waals surface area contributed by atoms with Gasteiger partial charge in [0, 0.05) is 32.4 Å². The minimum absolute atomic E-state index is 0.254. The molecule has 7 heteroatoms. The first-order valence-electron chi connectivity index (χ1n) is 6.93. The normalized spacial score (nSPS) is 17.3. The van der Waals surface area contributed by atoms with Crippen molar-refractivity contribution in [3.8, 4) is 0 Å². The van der Waals surface area contributed by atoms with Gasteiger partial charge in [0.1, 0.15) is 17.2 Å². The molecule has 1 fully saturated rings. The minimum atomic E-state index is -0.395. The molecule has 112 valence electrons. The summed E-state index contributed by atoms with van der Waals surface area (Å²) in [5.41, 5.74) is 4.41. The highest BCUT2D eigenvalue weighted by Gasteiger charge is 2.21. The predicted octanol–water partition coefficient (Wildman–Crippen LogP) is 0.674. The molecule has 0 aromatic carbocycles. The molecule has 3 rings (SSSR count). The maximum absolute atomic E-state index is 13.4. The van der Waals surface area contributed by atoms with E-state index in [0.717, 1.165) is 26.2 Å². The lowest BCUT2D eigenvalue weighted by Gasteiger charge is -2.32. The van der Waals surface area contributed by atoms with Gasteiger partial charge in [0.15, 0.2) is 0 Å². The summed E-state index contributed by atoms with van der Waals surface area (Å²) in [6.45, 7) is 5.10. The number of hydrazine groups is 1. The van der Waals surface area contributed by atoms with Crippen molar-refractivity contribution in [1.82, 2.24) is 24.7 Å². The molecule has 1 saturated heterocycles. The minimum Gasteiger partial charge on any atom is -0.304 e. The third-order valence-corrected chi connectivity index (χ3v) is 3.73. The Morgan fingerprint density at radius 2 is 2.00 bits per heavy atom. The number of likely N-dealkylation sites (N-methyl/N-ethyl adjacent to an activating group) is 1. The first-order valence-corrected chi connectivity index (χ1v) is 6.93. The van der Waals surface area contributed by atoms with E-state index in [2.05, 4.69) is 22.4 Å². The second-order valence-electron chi connectivity index (χ2n) is 5.35. The number of piperazine rings is 1. The highest BCUT2D eigenvalue weighted by atomic mass is 19.1. The van der Waals surface area contributed by atoms with E-state index < -0.39 is 5.82 Å². The Hall–Kier alpha value is -1.99. The second-order valence-corrected chi connectivity index (χ2v) is 5.35. The number of imidazole rings is 1. The van der Waals surface area contributed by atoms with Crippen molar-refractivity contribution < 1.29 is 9.18 Å². The predicted molar refractivity (Wildman–Crippen MR) is 76.4 cm³/mol. The zero-order chi connectivity index (χ0) is 15.0. The van der Waals surface area contributed by atoms with Crippen molar-refractivity contribution in [2.24, 2.45) is 0 Å². The van der Waals surface area contributed by atoms with Gasteiger partial charge < -0.3 is 4.90 Å². The number of rotatable bonds is 2. The van der Waals surface area contributed by atoms with Gasteiger partial charge in [-0.2, -0.15) is 0 Å². The lowest BCUT2D eigenvalue weighted by molar-refractivity contribution is 0.0656. The Labute approximate surface area is 122 Å². The van der Waals surface area contributed by atoms with E-state index in [4.69, 9.17) is 0 Å². The molecule has 2 aromatic rings. The highest BCUT2D eigenvalue weighted by Crippen LogP contribution is 2.13. The molecule has 2 aromatic heterocycles. The number of amides is 1. The van der Waals surface area contributed by atoms with E-state index in [1.165, 1.54) is 16.7 Å². The molecule has 0 unspecified atom stereocenters. The molecule has 21 heavy (non-hydrogen) atoms. The number of nitrogens with zero attached hydrogens (tertiary/aromatic N) is 4. The smallest absolute Gasteiger partial charge is 0.284 e. The Kier molecular flexibility index (Phi) is 3.60. The molecule has 1 N–H and O–H groups in total. The first-order chi connectivity index (χ1) is 10.0. The maximum Gasteiger partial charge on any atom is 0.284 e. The van der Waals surface area contributed by atoms with Gasteiger partial charge in [-0.1, -0.05) is 0 Å². The summed E-state index contributed by atoms with van der Waals surface area (Å²) < 4.78 is 14.9. The summed E-state index contributed by atoms with van der Waals surface area (Å²) in [5, 5.41) is 1.89. The van der Waals surface area contributed by atoms with E-state index >= 15 is 0 Å². The van der Waals surface area contributed by atoms with Gasteiger partial charge in [-0.3, -0.25) is 14.6 Å². The molecule has 1 aliphatic rings. The average molecular weight is 291 g/mol. The molecule has 0 atom stereocenters. The van der Waals surface area contributed by atoms with Gasteiger partial charge in [0.25, 0.3) is 5.91 Å². The van der Waals surface area contributed by atoms with Gasteiger partial charge in [-0.05, 0) is 26.1 Å². The van der Waals surface area contributed by atoms with Gasteiger partial charge in [0.05, 0.1) is 5.69 Å². The molecule has 3 heterocycles. The number of carbonyl (C=O) groups is 1. The van der Waals surface area contributed by atoms with Crippen LogP contribution in [0.25, 0.3) is 5.65 Å². The van der Waals surface area contributed by atoms with Crippen LogP contribution in [-0.4, -0.2) is 58.4 Å². The summed E-state index contributed by atoms with van der Waals surface area (Å²) in [7, 11) is 2.05. The Bertz CT molecular complexity index is 675. The fourth-order valence-corrected chi connectivity index (χ4v) is 2.52. The third kappa shape index (κ3) is 2.74. The first kappa shape index (κ1) is 14.0. The van der Waals surface area contributed by atoms with Gasteiger partial charge >= 0.3 is 0 Å². The van der Waals surface area contributed by atoms with Crippen molar-refractivity contribution in [3.63, 3.8) is 0 Å². The van der Waals surface area contributed by atoms with Crippen molar-refractivity contribution in [3.05, 3.63) is 35.5 Å². The fraction of sp³-hybridized carbons (Fsp3) is 0.429. The summed E-state index contributed by atoms with van der Waals surface area (Å²) in [6.07, 6.45) is 1.29. The molecule has 1 aliphatic heterocycles. The van der Waals surface area contributed by atoms with Crippen molar-refractivity contribution in [1.29, 1.82) is 0 Å². The van der Waals surface area contributed by atoms with E-state index in [-0.39, 0.29) is 5.91 Å². The summed E-state index contributed by atoms with van der Waals surface area (Å²) in [5.74, 6) is -0.649. The molecule has 0 aliphatic carbocycles. The van der Waals surface area contributed by atoms with Crippen LogP contribution in [0, 0.1) is 12.7 Å². The number of nitrogens with one attached hydrogen (secondary N) is 1. The van der Waals surface area contributed by atoms with E-state index in [0.29, 0.717) is 17.0 Å². The van der Waals surface area contributed by atoms with Crippen LogP contribution in [0.15, 0.2) is 18.3 Å². The van der Waals surface area contributed by atoms with Gasteiger partial charge in [-0.25, -0.2) is 14.4 Å². The van der Waals surface area contributed by atoms with E-state index in [1.807, 2.05) is 5.01 Å². The molecule has 1 amide bonds. The summed E-state index contributed by atoms with van der Waals surface area (Å²) in [6, 6.07) is 2.90.